The van der Waals surface area contributed by atoms with Crippen LogP contribution in [0.25, 0.3) is 22.8 Å². The molecule has 3 N–H and O–H groups in total. The standard InChI is InChI=1S/C15H14N4O3/c1-2-21-12-4-3-10(7-11(12)20)15-18-14(19-22-15)9-5-6-17-13(16)8-9/h3-8,20H,2H2,1H3,(H2,16,17). The van der Waals surface area contributed by atoms with E-state index in [0.29, 0.717) is 41.0 Å². The highest BCUT2D eigenvalue weighted by molar-refractivity contribution is 5.63. The summed E-state index contributed by atoms with van der Waals surface area (Å²) in [6, 6.07) is 8.31. The highest BCUT2D eigenvalue weighted by Crippen LogP contribution is 2.31. The monoisotopic (exact) mass is 298 g/mol. The fraction of sp³-hybridized carbons (Fsp3) is 0.133. The molecule has 3 rings (SSSR count). The second kappa shape index (κ2) is 5.72. The highest BCUT2D eigenvalue weighted by atomic mass is 16.5. The first-order valence-corrected chi connectivity index (χ1v) is 6.69. The largest absolute Gasteiger partial charge is 0.504 e. The summed E-state index contributed by atoms with van der Waals surface area (Å²) < 4.78 is 10.5. The Hall–Kier alpha value is -3.09. The van der Waals surface area contributed by atoms with Gasteiger partial charge in [-0.2, -0.15) is 4.98 Å². The lowest BCUT2D eigenvalue weighted by Crippen LogP contribution is -1.92. The van der Waals surface area contributed by atoms with Gasteiger partial charge in [-0.15, -0.1) is 0 Å². The number of hydrogen-bond acceptors (Lipinski definition) is 7. The number of nitrogens with two attached hydrogens (primary N) is 1. The van der Waals surface area contributed by atoms with Gasteiger partial charge in [-0.25, -0.2) is 4.98 Å². The average molecular weight is 298 g/mol. The zero-order chi connectivity index (χ0) is 15.5. The van der Waals surface area contributed by atoms with Crippen molar-refractivity contribution in [3.8, 4) is 34.3 Å². The second-order valence-corrected chi connectivity index (χ2v) is 4.51. The Kier molecular flexibility index (Phi) is 3.61. The number of phenolic OH excluding ortho intramolecular Hbond substituents is 1. The quantitative estimate of drug-likeness (QED) is 0.761. The third-order valence-corrected chi connectivity index (χ3v) is 2.97. The molecule has 0 saturated heterocycles. The van der Waals surface area contributed by atoms with Gasteiger partial charge in [0.05, 0.1) is 6.61 Å². The molecule has 112 valence electrons. The number of aromatic nitrogens is 3. The van der Waals surface area contributed by atoms with E-state index in [0.717, 1.165) is 0 Å². The summed E-state index contributed by atoms with van der Waals surface area (Å²) in [5.41, 5.74) is 6.94. The maximum Gasteiger partial charge on any atom is 0.258 e. The van der Waals surface area contributed by atoms with Crippen LogP contribution in [0.1, 0.15) is 6.92 Å². The van der Waals surface area contributed by atoms with Crippen LogP contribution in [0.15, 0.2) is 41.1 Å². The van der Waals surface area contributed by atoms with Crippen LogP contribution in [0.5, 0.6) is 11.5 Å². The van der Waals surface area contributed by atoms with Gasteiger partial charge >= 0.3 is 0 Å². The van der Waals surface area contributed by atoms with E-state index < -0.39 is 0 Å². The van der Waals surface area contributed by atoms with Crippen LogP contribution in [0, 0.1) is 0 Å². The van der Waals surface area contributed by atoms with Gasteiger partial charge < -0.3 is 20.1 Å². The molecule has 0 aliphatic rings. The van der Waals surface area contributed by atoms with E-state index in [1.165, 1.54) is 6.07 Å². The van der Waals surface area contributed by atoms with Crippen LogP contribution >= 0.6 is 0 Å². The van der Waals surface area contributed by atoms with Crippen LogP contribution in [0.4, 0.5) is 5.82 Å². The molecular weight excluding hydrogens is 284 g/mol. The minimum Gasteiger partial charge on any atom is -0.504 e. The van der Waals surface area contributed by atoms with Crippen molar-refractivity contribution in [2.45, 2.75) is 6.92 Å². The zero-order valence-electron chi connectivity index (χ0n) is 11.9. The summed E-state index contributed by atoms with van der Waals surface area (Å²) in [5, 5.41) is 13.8. The van der Waals surface area contributed by atoms with Crippen LogP contribution in [0.2, 0.25) is 0 Å². The molecular formula is C15H14N4O3. The number of anilines is 1. The highest BCUT2D eigenvalue weighted by Gasteiger charge is 2.13. The molecule has 1 aromatic carbocycles. The van der Waals surface area contributed by atoms with Crippen molar-refractivity contribution in [1.82, 2.24) is 15.1 Å². The molecule has 0 bridgehead atoms. The second-order valence-electron chi connectivity index (χ2n) is 4.51. The molecule has 3 aromatic rings. The molecule has 2 aromatic heterocycles. The summed E-state index contributed by atoms with van der Waals surface area (Å²) in [6.07, 6.45) is 1.57. The lowest BCUT2D eigenvalue weighted by molar-refractivity contribution is 0.318. The van der Waals surface area contributed by atoms with E-state index in [2.05, 4.69) is 15.1 Å². The molecule has 0 radical (unpaired) electrons. The predicted octanol–water partition coefficient (Wildman–Crippen LogP) is 2.49. The van der Waals surface area contributed by atoms with E-state index in [1.54, 1.807) is 30.5 Å². The van der Waals surface area contributed by atoms with E-state index in [-0.39, 0.29) is 5.75 Å². The first kappa shape index (κ1) is 13.9. The zero-order valence-corrected chi connectivity index (χ0v) is 11.9. The first-order valence-electron chi connectivity index (χ1n) is 6.69. The number of nitrogens with zero attached hydrogens (tertiary/aromatic N) is 3. The van der Waals surface area contributed by atoms with Gasteiger partial charge in [0.2, 0.25) is 5.82 Å². The molecule has 0 aliphatic carbocycles. The Labute approximate surface area is 126 Å². The molecule has 0 atom stereocenters. The molecule has 0 amide bonds. The van der Waals surface area contributed by atoms with E-state index in [1.807, 2.05) is 6.92 Å². The van der Waals surface area contributed by atoms with Crippen molar-refractivity contribution in [3.05, 3.63) is 36.5 Å². The smallest absolute Gasteiger partial charge is 0.258 e. The normalized spacial score (nSPS) is 10.6. The molecule has 0 aliphatic heterocycles. The van der Waals surface area contributed by atoms with E-state index >= 15 is 0 Å². The number of phenols is 1. The number of pyridine rings is 1. The van der Waals surface area contributed by atoms with Gasteiger partial charge in [0.15, 0.2) is 11.5 Å². The molecule has 2 heterocycles. The Balaban J connectivity index is 1.92. The maximum atomic E-state index is 9.90. The van der Waals surface area contributed by atoms with Gasteiger partial charge in [-0.05, 0) is 37.3 Å². The van der Waals surface area contributed by atoms with Crippen molar-refractivity contribution >= 4 is 5.82 Å². The van der Waals surface area contributed by atoms with E-state index in [4.69, 9.17) is 15.0 Å². The molecule has 7 heteroatoms. The van der Waals surface area contributed by atoms with Crippen molar-refractivity contribution in [3.63, 3.8) is 0 Å². The lowest BCUT2D eigenvalue weighted by atomic mass is 10.2. The Bertz CT molecular complexity index is 801. The van der Waals surface area contributed by atoms with Crippen molar-refractivity contribution < 1.29 is 14.4 Å². The van der Waals surface area contributed by atoms with Gasteiger partial charge in [0.1, 0.15) is 5.82 Å². The minimum absolute atomic E-state index is 0.0206. The molecule has 7 nitrogen and oxygen atoms in total. The number of rotatable bonds is 4. The summed E-state index contributed by atoms with van der Waals surface area (Å²) in [7, 11) is 0. The SMILES string of the molecule is CCOc1ccc(-c2nc(-c3ccnc(N)c3)no2)cc1O. The molecule has 22 heavy (non-hydrogen) atoms. The predicted molar refractivity (Wildman–Crippen MR) is 80.2 cm³/mol. The first-order chi connectivity index (χ1) is 10.7. The fourth-order valence-electron chi connectivity index (χ4n) is 1.97. The van der Waals surface area contributed by atoms with Gasteiger partial charge in [-0.3, -0.25) is 0 Å². The molecule has 0 saturated carbocycles. The van der Waals surface area contributed by atoms with Crippen LogP contribution < -0.4 is 10.5 Å². The third kappa shape index (κ3) is 2.69. The van der Waals surface area contributed by atoms with Crippen molar-refractivity contribution in [2.24, 2.45) is 0 Å². The number of benzene rings is 1. The third-order valence-electron chi connectivity index (χ3n) is 2.97. The van der Waals surface area contributed by atoms with Crippen LogP contribution in [-0.4, -0.2) is 26.8 Å². The Morgan fingerprint density at radius 1 is 1.23 bits per heavy atom. The number of aromatic hydroxyl groups is 1. The lowest BCUT2D eigenvalue weighted by Gasteiger charge is -2.05. The van der Waals surface area contributed by atoms with Gasteiger partial charge in [0.25, 0.3) is 5.89 Å². The number of hydrogen-bond donors (Lipinski definition) is 2. The van der Waals surface area contributed by atoms with Crippen LogP contribution in [0.3, 0.4) is 0 Å². The van der Waals surface area contributed by atoms with Crippen molar-refractivity contribution in [1.29, 1.82) is 0 Å². The summed E-state index contributed by atoms with van der Waals surface area (Å²) in [5.74, 6) is 1.50. The topological polar surface area (TPSA) is 107 Å². The molecule has 0 unspecified atom stereocenters. The van der Waals surface area contributed by atoms with Crippen molar-refractivity contribution in [2.75, 3.05) is 12.3 Å². The van der Waals surface area contributed by atoms with Gasteiger partial charge in [-0.1, -0.05) is 5.16 Å². The fourth-order valence-corrected chi connectivity index (χ4v) is 1.97. The maximum absolute atomic E-state index is 9.90. The van der Waals surface area contributed by atoms with Gasteiger partial charge in [0, 0.05) is 17.3 Å². The summed E-state index contributed by atoms with van der Waals surface area (Å²) in [4.78, 5) is 8.21. The summed E-state index contributed by atoms with van der Waals surface area (Å²) >= 11 is 0. The Morgan fingerprint density at radius 3 is 2.82 bits per heavy atom. The van der Waals surface area contributed by atoms with Crippen LogP contribution in [-0.2, 0) is 0 Å². The Morgan fingerprint density at radius 2 is 2.09 bits per heavy atom. The number of ether oxygens (including phenoxy) is 1. The van der Waals surface area contributed by atoms with E-state index in [9.17, 15) is 5.11 Å². The average Bonchev–Trinajstić information content (AvgIpc) is 2.99. The molecule has 0 fully saturated rings. The minimum atomic E-state index is 0.0206. The summed E-state index contributed by atoms with van der Waals surface area (Å²) in [6.45, 7) is 2.32. The number of nitrogen functional groups attached to an aromatic ring is 1. The molecule has 0 spiro atoms.